The van der Waals surface area contributed by atoms with Crippen LogP contribution < -0.4 is 10.1 Å². The molecule has 0 unspecified atom stereocenters. The zero-order valence-electron chi connectivity index (χ0n) is 15.5. The molecule has 1 aromatic carbocycles. The predicted octanol–water partition coefficient (Wildman–Crippen LogP) is 4.60. The second-order valence-electron chi connectivity index (χ2n) is 7.78. The van der Waals surface area contributed by atoms with Crippen LogP contribution in [0.25, 0.3) is 0 Å². The molecule has 138 valence electrons. The smallest absolute Gasteiger partial charge is 0.410 e. The number of para-hydroxylation sites is 1. The van der Waals surface area contributed by atoms with Gasteiger partial charge in [0.05, 0.1) is 0 Å². The molecule has 1 atom stereocenters. The summed E-state index contributed by atoms with van der Waals surface area (Å²) in [6.07, 6.45) is 9.80. The molecule has 3 rings (SSSR count). The molecule has 2 fully saturated rings. The summed E-state index contributed by atoms with van der Waals surface area (Å²) >= 11 is 0. The van der Waals surface area contributed by atoms with Crippen LogP contribution in [0.5, 0.6) is 5.75 Å². The van der Waals surface area contributed by atoms with E-state index >= 15 is 0 Å². The number of carbonyl (C=O) groups is 1. The minimum absolute atomic E-state index is 0.215. The van der Waals surface area contributed by atoms with Crippen molar-refractivity contribution >= 4 is 6.09 Å². The Morgan fingerprint density at radius 1 is 1.20 bits per heavy atom. The molecule has 1 aromatic rings. The monoisotopic (exact) mass is 344 g/mol. The van der Waals surface area contributed by atoms with E-state index in [-0.39, 0.29) is 6.09 Å². The van der Waals surface area contributed by atoms with Crippen molar-refractivity contribution in [3.63, 3.8) is 0 Å². The van der Waals surface area contributed by atoms with E-state index in [1.807, 2.05) is 35.2 Å². The Morgan fingerprint density at radius 2 is 2.00 bits per heavy atom. The van der Waals surface area contributed by atoms with Crippen molar-refractivity contribution in [3.8, 4) is 5.75 Å². The molecular weight excluding hydrogens is 312 g/mol. The van der Waals surface area contributed by atoms with Gasteiger partial charge in [0, 0.05) is 25.7 Å². The highest BCUT2D eigenvalue weighted by Crippen LogP contribution is 2.44. The quantitative estimate of drug-likeness (QED) is 0.820. The average Bonchev–Trinajstić information content (AvgIpc) is 2.84. The number of hydrogen-bond donors (Lipinski definition) is 1. The van der Waals surface area contributed by atoms with Gasteiger partial charge >= 0.3 is 6.09 Å². The SMILES string of the molecule is CCCC1(CN[C@@H]2CCCN(C(=O)Oc3ccccc3)CC2)CCC1. The highest BCUT2D eigenvalue weighted by molar-refractivity contribution is 5.70. The Morgan fingerprint density at radius 3 is 2.68 bits per heavy atom. The van der Waals surface area contributed by atoms with E-state index in [2.05, 4.69) is 12.2 Å². The molecule has 4 nitrogen and oxygen atoms in total. The maximum atomic E-state index is 12.4. The first-order valence-corrected chi connectivity index (χ1v) is 9.96. The van der Waals surface area contributed by atoms with Crippen molar-refractivity contribution in [1.82, 2.24) is 10.2 Å². The zero-order valence-corrected chi connectivity index (χ0v) is 15.5. The first-order valence-electron chi connectivity index (χ1n) is 9.96. The summed E-state index contributed by atoms with van der Waals surface area (Å²) in [5.74, 6) is 0.623. The third kappa shape index (κ3) is 4.97. The number of rotatable bonds is 6. The molecule has 1 heterocycles. The Labute approximate surface area is 151 Å². The van der Waals surface area contributed by atoms with Crippen LogP contribution >= 0.6 is 0 Å². The lowest BCUT2D eigenvalue weighted by atomic mass is 9.66. The topological polar surface area (TPSA) is 41.6 Å². The molecule has 1 aliphatic heterocycles. The maximum Gasteiger partial charge on any atom is 0.415 e. The fraction of sp³-hybridized carbons (Fsp3) is 0.667. The van der Waals surface area contributed by atoms with Crippen molar-refractivity contribution in [3.05, 3.63) is 30.3 Å². The predicted molar refractivity (Wildman–Crippen MR) is 101 cm³/mol. The summed E-state index contributed by atoms with van der Waals surface area (Å²) in [6, 6.07) is 9.88. The van der Waals surface area contributed by atoms with Crippen LogP contribution in [0.15, 0.2) is 30.3 Å². The van der Waals surface area contributed by atoms with Crippen LogP contribution in [0.1, 0.15) is 58.3 Å². The van der Waals surface area contributed by atoms with Crippen LogP contribution in [0.3, 0.4) is 0 Å². The van der Waals surface area contributed by atoms with E-state index in [0.29, 0.717) is 17.2 Å². The lowest BCUT2D eigenvalue weighted by molar-refractivity contribution is 0.109. The summed E-state index contributed by atoms with van der Waals surface area (Å²) in [6.45, 7) is 5.02. The summed E-state index contributed by atoms with van der Waals surface area (Å²) in [5, 5.41) is 3.82. The van der Waals surface area contributed by atoms with E-state index in [1.54, 1.807) is 0 Å². The van der Waals surface area contributed by atoms with Crippen LogP contribution in [-0.4, -0.2) is 36.7 Å². The average molecular weight is 344 g/mol. The van der Waals surface area contributed by atoms with Crippen LogP contribution in [0, 0.1) is 5.41 Å². The second kappa shape index (κ2) is 8.70. The molecule has 4 heteroatoms. The number of nitrogens with zero attached hydrogens (tertiary/aromatic N) is 1. The van der Waals surface area contributed by atoms with E-state index in [4.69, 9.17) is 4.74 Å². The molecular formula is C21H32N2O2. The first kappa shape index (κ1) is 18.2. The largest absolute Gasteiger partial charge is 0.415 e. The van der Waals surface area contributed by atoms with Gasteiger partial charge < -0.3 is 15.0 Å². The molecule has 25 heavy (non-hydrogen) atoms. The van der Waals surface area contributed by atoms with Crippen LogP contribution in [0.2, 0.25) is 0 Å². The summed E-state index contributed by atoms with van der Waals surface area (Å²) in [4.78, 5) is 14.2. The van der Waals surface area contributed by atoms with Gasteiger partial charge in [0.25, 0.3) is 0 Å². The normalized spacial score (nSPS) is 22.8. The van der Waals surface area contributed by atoms with Gasteiger partial charge in [-0.15, -0.1) is 0 Å². The second-order valence-corrected chi connectivity index (χ2v) is 7.78. The molecule has 0 spiro atoms. The van der Waals surface area contributed by atoms with Crippen molar-refractivity contribution < 1.29 is 9.53 Å². The number of benzene rings is 1. The number of likely N-dealkylation sites (tertiary alicyclic amines) is 1. The summed E-state index contributed by atoms with van der Waals surface area (Å²) in [7, 11) is 0. The minimum atomic E-state index is -0.215. The zero-order chi connectivity index (χ0) is 17.5. The van der Waals surface area contributed by atoms with Crippen LogP contribution in [0.4, 0.5) is 4.79 Å². The third-order valence-electron chi connectivity index (χ3n) is 5.89. The van der Waals surface area contributed by atoms with E-state index in [1.165, 1.54) is 32.1 Å². The van der Waals surface area contributed by atoms with Crippen LogP contribution in [-0.2, 0) is 0 Å². The van der Waals surface area contributed by atoms with Gasteiger partial charge in [-0.05, 0) is 56.1 Å². The van der Waals surface area contributed by atoms with E-state index in [9.17, 15) is 4.79 Å². The number of carbonyl (C=O) groups excluding carboxylic acids is 1. The molecule has 1 amide bonds. The number of hydrogen-bond acceptors (Lipinski definition) is 3. The molecule has 0 bridgehead atoms. The van der Waals surface area contributed by atoms with E-state index < -0.39 is 0 Å². The highest BCUT2D eigenvalue weighted by Gasteiger charge is 2.36. The summed E-state index contributed by atoms with van der Waals surface area (Å²) in [5.41, 5.74) is 0.562. The van der Waals surface area contributed by atoms with Gasteiger partial charge in [0.1, 0.15) is 5.75 Å². The molecule has 1 saturated carbocycles. The van der Waals surface area contributed by atoms with Crippen molar-refractivity contribution in [2.75, 3.05) is 19.6 Å². The molecule has 0 aromatic heterocycles. The fourth-order valence-corrected chi connectivity index (χ4v) is 4.22. The third-order valence-corrected chi connectivity index (χ3v) is 5.89. The first-order chi connectivity index (χ1) is 12.2. The lowest BCUT2D eigenvalue weighted by Gasteiger charge is -2.43. The molecule has 1 N–H and O–H groups in total. The Hall–Kier alpha value is -1.55. The Bertz CT molecular complexity index is 542. The minimum Gasteiger partial charge on any atom is -0.410 e. The molecule has 1 saturated heterocycles. The molecule has 1 aliphatic carbocycles. The van der Waals surface area contributed by atoms with Gasteiger partial charge in [-0.25, -0.2) is 4.79 Å². The Balaban J connectivity index is 1.44. The highest BCUT2D eigenvalue weighted by atomic mass is 16.6. The number of ether oxygens (including phenoxy) is 1. The molecule has 2 aliphatic rings. The van der Waals surface area contributed by atoms with Crippen molar-refractivity contribution in [2.24, 2.45) is 5.41 Å². The number of amides is 1. The van der Waals surface area contributed by atoms with Gasteiger partial charge in [0.15, 0.2) is 0 Å². The Kier molecular flexibility index (Phi) is 6.35. The van der Waals surface area contributed by atoms with Crippen molar-refractivity contribution in [2.45, 2.75) is 64.3 Å². The van der Waals surface area contributed by atoms with Crippen molar-refractivity contribution in [1.29, 1.82) is 0 Å². The number of nitrogens with one attached hydrogen (secondary N) is 1. The van der Waals surface area contributed by atoms with Gasteiger partial charge in [0.2, 0.25) is 0 Å². The van der Waals surface area contributed by atoms with Gasteiger partial charge in [-0.2, -0.15) is 0 Å². The van der Waals surface area contributed by atoms with Gasteiger partial charge in [-0.1, -0.05) is 38.0 Å². The maximum absolute atomic E-state index is 12.4. The molecule has 0 radical (unpaired) electrons. The lowest BCUT2D eigenvalue weighted by Crippen LogP contribution is -2.44. The fourth-order valence-electron chi connectivity index (χ4n) is 4.22. The summed E-state index contributed by atoms with van der Waals surface area (Å²) < 4.78 is 5.48. The van der Waals surface area contributed by atoms with Gasteiger partial charge in [-0.3, -0.25) is 0 Å². The standard InChI is InChI=1S/C21H32N2O2/c1-2-12-21(13-7-14-21)17-22-18-8-6-15-23(16-11-18)20(24)25-19-9-4-3-5-10-19/h3-5,9-10,18,22H,2,6-8,11-17H2,1H3/t18-/m1/s1. The van der Waals surface area contributed by atoms with E-state index in [0.717, 1.165) is 38.9 Å².